The Hall–Kier alpha value is -1.42. The Morgan fingerprint density at radius 2 is 1.91 bits per heavy atom. The molecule has 1 aromatic heterocycles. The monoisotopic (exact) mass is 315 g/mol. The van der Waals surface area contributed by atoms with Gasteiger partial charge < -0.3 is 4.90 Å². The van der Waals surface area contributed by atoms with Gasteiger partial charge in [0.25, 0.3) is 0 Å². The number of nitrogens with zero attached hydrogens (tertiary/aromatic N) is 3. The SMILES string of the molecule is CCC(=O)N(c1ccccn1)C(C)CN1CC2CCC(CC2)C1. The molecule has 3 aliphatic rings. The molecule has 1 aromatic rings. The van der Waals surface area contributed by atoms with Gasteiger partial charge >= 0.3 is 0 Å². The topological polar surface area (TPSA) is 36.4 Å². The second-order valence-electron chi connectivity index (χ2n) is 7.26. The number of amides is 1. The van der Waals surface area contributed by atoms with Crippen molar-refractivity contribution < 1.29 is 4.79 Å². The van der Waals surface area contributed by atoms with Crippen molar-refractivity contribution >= 4 is 11.7 Å². The van der Waals surface area contributed by atoms with Crippen LogP contribution in [-0.4, -0.2) is 41.5 Å². The van der Waals surface area contributed by atoms with Crippen LogP contribution in [0.25, 0.3) is 0 Å². The first kappa shape index (κ1) is 16.4. The van der Waals surface area contributed by atoms with Crippen LogP contribution < -0.4 is 4.90 Å². The molecule has 1 aliphatic carbocycles. The molecule has 23 heavy (non-hydrogen) atoms. The van der Waals surface area contributed by atoms with Gasteiger partial charge in [-0.1, -0.05) is 13.0 Å². The Morgan fingerprint density at radius 3 is 2.43 bits per heavy atom. The van der Waals surface area contributed by atoms with Crippen molar-refractivity contribution in [1.82, 2.24) is 9.88 Å². The summed E-state index contributed by atoms with van der Waals surface area (Å²) < 4.78 is 0. The lowest BCUT2D eigenvalue weighted by atomic mass is 9.84. The van der Waals surface area contributed by atoms with E-state index >= 15 is 0 Å². The van der Waals surface area contributed by atoms with Crippen molar-refractivity contribution in [2.24, 2.45) is 11.8 Å². The van der Waals surface area contributed by atoms with Crippen molar-refractivity contribution in [3.8, 4) is 0 Å². The van der Waals surface area contributed by atoms with Crippen LogP contribution in [0.2, 0.25) is 0 Å². The molecule has 3 fully saturated rings. The number of hydrogen-bond acceptors (Lipinski definition) is 3. The third-order valence-corrected chi connectivity index (χ3v) is 5.43. The summed E-state index contributed by atoms with van der Waals surface area (Å²) in [4.78, 5) is 21.4. The van der Waals surface area contributed by atoms with E-state index < -0.39 is 0 Å². The van der Waals surface area contributed by atoms with Gasteiger partial charge in [-0.15, -0.1) is 0 Å². The first-order valence-electron chi connectivity index (χ1n) is 9.12. The fraction of sp³-hybridized carbons (Fsp3) is 0.684. The van der Waals surface area contributed by atoms with E-state index in [1.807, 2.05) is 30.0 Å². The summed E-state index contributed by atoms with van der Waals surface area (Å²) in [6, 6.07) is 5.96. The van der Waals surface area contributed by atoms with Crippen LogP contribution in [0.3, 0.4) is 0 Å². The van der Waals surface area contributed by atoms with Gasteiger partial charge in [-0.3, -0.25) is 9.69 Å². The normalized spacial score (nSPS) is 25.8. The molecule has 2 saturated heterocycles. The van der Waals surface area contributed by atoms with E-state index in [4.69, 9.17) is 0 Å². The number of anilines is 1. The maximum atomic E-state index is 12.5. The van der Waals surface area contributed by atoms with Crippen LogP contribution in [0.1, 0.15) is 46.0 Å². The van der Waals surface area contributed by atoms with Gasteiger partial charge in [0, 0.05) is 38.3 Å². The van der Waals surface area contributed by atoms with Crippen LogP contribution in [0.15, 0.2) is 24.4 Å². The van der Waals surface area contributed by atoms with Crippen molar-refractivity contribution in [2.75, 3.05) is 24.5 Å². The quantitative estimate of drug-likeness (QED) is 0.836. The van der Waals surface area contributed by atoms with Gasteiger partial charge in [0.15, 0.2) is 0 Å². The van der Waals surface area contributed by atoms with E-state index in [0.717, 1.165) is 24.2 Å². The average molecular weight is 315 g/mol. The highest BCUT2D eigenvalue weighted by Gasteiger charge is 2.31. The maximum absolute atomic E-state index is 12.5. The predicted octanol–water partition coefficient (Wildman–Crippen LogP) is 3.34. The number of rotatable bonds is 5. The molecule has 1 amide bonds. The molecule has 4 nitrogen and oxygen atoms in total. The molecule has 4 heteroatoms. The van der Waals surface area contributed by atoms with Crippen LogP contribution >= 0.6 is 0 Å². The zero-order valence-electron chi connectivity index (χ0n) is 14.4. The summed E-state index contributed by atoms with van der Waals surface area (Å²) >= 11 is 0. The van der Waals surface area contributed by atoms with Crippen molar-refractivity contribution in [2.45, 2.75) is 52.0 Å². The summed E-state index contributed by atoms with van der Waals surface area (Å²) in [5.74, 6) is 2.68. The van der Waals surface area contributed by atoms with Gasteiger partial charge in [0.2, 0.25) is 5.91 Å². The largest absolute Gasteiger partial charge is 0.301 e. The summed E-state index contributed by atoms with van der Waals surface area (Å²) in [6.07, 6.45) is 7.87. The molecular formula is C19H29N3O. The first-order valence-corrected chi connectivity index (χ1v) is 9.12. The fourth-order valence-corrected chi connectivity index (χ4v) is 4.27. The smallest absolute Gasteiger partial charge is 0.228 e. The minimum atomic E-state index is 0.161. The molecule has 3 heterocycles. The summed E-state index contributed by atoms with van der Waals surface area (Å²) in [7, 11) is 0. The van der Waals surface area contributed by atoms with E-state index in [9.17, 15) is 4.79 Å². The molecule has 1 unspecified atom stereocenters. The summed E-state index contributed by atoms with van der Waals surface area (Å²) in [5, 5.41) is 0. The Bertz CT molecular complexity index is 497. The van der Waals surface area contributed by atoms with Crippen molar-refractivity contribution in [3.05, 3.63) is 24.4 Å². The van der Waals surface area contributed by atoms with Gasteiger partial charge in [0.1, 0.15) is 5.82 Å². The summed E-state index contributed by atoms with van der Waals surface area (Å²) in [5.41, 5.74) is 0. The van der Waals surface area contributed by atoms with E-state index in [1.165, 1.54) is 38.8 Å². The van der Waals surface area contributed by atoms with Gasteiger partial charge in [-0.05, 0) is 56.6 Å². The molecule has 0 spiro atoms. The molecule has 1 atom stereocenters. The van der Waals surface area contributed by atoms with Crippen LogP contribution in [0.4, 0.5) is 5.82 Å². The molecule has 0 aromatic carbocycles. The average Bonchev–Trinajstić information content (AvgIpc) is 2.88. The number of aromatic nitrogens is 1. The Labute approximate surface area is 139 Å². The highest BCUT2D eigenvalue weighted by Crippen LogP contribution is 2.34. The highest BCUT2D eigenvalue weighted by atomic mass is 16.2. The number of carbonyl (C=O) groups is 1. The lowest BCUT2D eigenvalue weighted by Crippen LogP contribution is -2.46. The summed E-state index contributed by atoms with van der Waals surface area (Å²) in [6.45, 7) is 7.45. The zero-order chi connectivity index (χ0) is 16.2. The Morgan fingerprint density at radius 1 is 1.26 bits per heavy atom. The van der Waals surface area contributed by atoms with Crippen LogP contribution in [0.5, 0.6) is 0 Å². The number of fused-ring (bicyclic) bond motifs is 4. The molecule has 2 bridgehead atoms. The van der Waals surface area contributed by atoms with Gasteiger partial charge in [0.05, 0.1) is 0 Å². The number of pyridine rings is 1. The number of carbonyl (C=O) groups excluding carboxylic acids is 1. The number of hydrogen-bond donors (Lipinski definition) is 0. The second-order valence-corrected chi connectivity index (χ2v) is 7.26. The molecule has 0 radical (unpaired) electrons. The zero-order valence-corrected chi connectivity index (χ0v) is 14.4. The van der Waals surface area contributed by atoms with E-state index in [1.54, 1.807) is 6.20 Å². The van der Waals surface area contributed by atoms with E-state index in [0.29, 0.717) is 6.42 Å². The van der Waals surface area contributed by atoms with Gasteiger partial charge in [-0.25, -0.2) is 4.98 Å². The van der Waals surface area contributed by atoms with Crippen molar-refractivity contribution in [3.63, 3.8) is 0 Å². The Kier molecular flexibility index (Phi) is 5.31. The minimum Gasteiger partial charge on any atom is -0.301 e. The van der Waals surface area contributed by atoms with Crippen LogP contribution in [0, 0.1) is 11.8 Å². The first-order chi connectivity index (χ1) is 11.2. The molecule has 2 aliphatic heterocycles. The molecular weight excluding hydrogens is 286 g/mol. The molecule has 1 saturated carbocycles. The molecule has 0 N–H and O–H groups in total. The fourth-order valence-electron chi connectivity index (χ4n) is 4.27. The maximum Gasteiger partial charge on any atom is 0.228 e. The van der Waals surface area contributed by atoms with Crippen LogP contribution in [-0.2, 0) is 4.79 Å². The lowest BCUT2D eigenvalue weighted by molar-refractivity contribution is -0.118. The third kappa shape index (κ3) is 3.92. The predicted molar refractivity (Wildman–Crippen MR) is 93.4 cm³/mol. The highest BCUT2D eigenvalue weighted by molar-refractivity contribution is 5.92. The lowest BCUT2D eigenvalue weighted by Gasteiger charge is -2.33. The minimum absolute atomic E-state index is 0.161. The Balaban J connectivity index is 1.71. The van der Waals surface area contributed by atoms with E-state index in [-0.39, 0.29) is 11.9 Å². The van der Waals surface area contributed by atoms with Gasteiger partial charge in [-0.2, -0.15) is 0 Å². The molecule has 4 rings (SSSR count). The standard InChI is InChI=1S/C19H29N3O/c1-3-19(23)22(18-6-4-5-11-20-18)15(2)12-21-13-16-7-8-17(14-21)10-9-16/h4-6,11,15-17H,3,7-10,12-14H2,1-2H3. The van der Waals surface area contributed by atoms with Crippen molar-refractivity contribution in [1.29, 1.82) is 0 Å². The third-order valence-electron chi connectivity index (χ3n) is 5.43. The van der Waals surface area contributed by atoms with E-state index in [2.05, 4.69) is 16.8 Å². The molecule has 126 valence electrons. The second kappa shape index (κ2) is 7.43.